The number of para-hydroxylation sites is 1. The molecule has 2 aliphatic rings. The minimum Gasteiger partial charge on any atom is -0.482 e. The van der Waals surface area contributed by atoms with E-state index in [0.29, 0.717) is 22.9 Å². The summed E-state index contributed by atoms with van der Waals surface area (Å²) in [5.74, 6) is 0.608. The number of rotatable bonds is 3. The van der Waals surface area contributed by atoms with Crippen LogP contribution in [0.2, 0.25) is 5.02 Å². The van der Waals surface area contributed by atoms with Gasteiger partial charge in [-0.25, -0.2) is 0 Å². The van der Waals surface area contributed by atoms with Gasteiger partial charge >= 0.3 is 0 Å². The summed E-state index contributed by atoms with van der Waals surface area (Å²) < 4.78 is 5.53. The third kappa shape index (κ3) is 4.02. The van der Waals surface area contributed by atoms with Gasteiger partial charge in [-0.05, 0) is 31.4 Å². The molecule has 4 nitrogen and oxygen atoms in total. The number of nitrogens with one attached hydrogen (secondary N) is 1. The lowest BCUT2D eigenvalue weighted by Crippen LogP contribution is -2.41. The number of halogens is 2. The summed E-state index contributed by atoms with van der Waals surface area (Å²) in [6, 6.07) is 8.26. The van der Waals surface area contributed by atoms with Gasteiger partial charge in [-0.2, -0.15) is 0 Å². The summed E-state index contributed by atoms with van der Waals surface area (Å²) in [6.45, 7) is 1.67. The van der Waals surface area contributed by atoms with Crippen molar-refractivity contribution in [3.8, 4) is 5.75 Å². The molecule has 6 heteroatoms. The highest BCUT2D eigenvalue weighted by Gasteiger charge is 2.31. The van der Waals surface area contributed by atoms with Gasteiger partial charge in [-0.1, -0.05) is 23.7 Å². The molecule has 0 spiro atoms. The second-order valence-electron chi connectivity index (χ2n) is 5.49. The van der Waals surface area contributed by atoms with Crippen molar-refractivity contribution >= 4 is 29.9 Å². The molecule has 1 N–H and O–H groups in total. The van der Waals surface area contributed by atoms with E-state index in [2.05, 4.69) is 5.32 Å². The zero-order chi connectivity index (χ0) is 13.9. The van der Waals surface area contributed by atoms with Crippen LogP contribution in [0.15, 0.2) is 24.3 Å². The number of carbonyl (C=O) groups is 1. The number of likely N-dealkylation sites (tertiary alicyclic amines) is 1. The Balaban J connectivity index is 0.00000161. The number of hydrogen-bond donors (Lipinski definition) is 1. The van der Waals surface area contributed by atoms with Crippen molar-refractivity contribution in [1.29, 1.82) is 0 Å². The molecule has 1 aromatic carbocycles. The van der Waals surface area contributed by atoms with Crippen LogP contribution in [-0.4, -0.2) is 42.6 Å². The molecule has 0 aliphatic carbocycles. The Morgan fingerprint density at radius 3 is 2.86 bits per heavy atom. The van der Waals surface area contributed by atoms with Crippen molar-refractivity contribution in [3.05, 3.63) is 29.3 Å². The largest absolute Gasteiger partial charge is 0.482 e. The zero-order valence-corrected chi connectivity index (χ0v) is 13.3. The fourth-order valence-corrected chi connectivity index (χ4v) is 3.15. The molecule has 2 bridgehead atoms. The van der Waals surface area contributed by atoms with Crippen LogP contribution in [-0.2, 0) is 4.79 Å². The van der Waals surface area contributed by atoms with Gasteiger partial charge in [0.1, 0.15) is 5.75 Å². The summed E-state index contributed by atoms with van der Waals surface area (Å²) in [4.78, 5) is 14.2. The minimum atomic E-state index is 0. The van der Waals surface area contributed by atoms with Crippen molar-refractivity contribution in [2.24, 2.45) is 0 Å². The maximum Gasteiger partial charge on any atom is 0.260 e. The molecule has 2 aliphatic heterocycles. The van der Waals surface area contributed by atoms with Crippen LogP contribution in [0.4, 0.5) is 0 Å². The average molecular weight is 331 g/mol. The van der Waals surface area contributed by atoms with Crippen LogP contribution in [0.25, 0.3) is 0 Å². The fraction of sp³-hybridized carbons (Fsp3) is 0.533. The van der Waals surface area contributed by atoms with E-state index in [-0.39, 0.29) is 24.9 Å². The maximum atomic E-state index is 12.2. The predicted octanol–water partition coefficient (Wildman–Crippen LogP) is 2.49. The van der Waals surface area contributed by atoms with Gasteiger partial charge in [0.15, 0.2) is 6.61 Å². The number of amides is 1. The van der Waals surface area contributed by atoms with E-state index < -0.39 is 0 Å². The van der Waals surface area contributed by atoms with Crippen LogP contribution < -0.4 is 10.1 Å². The molecule has 116 valence electrons. The van der Waals surface area contributed by atoms with Crippen LogP contribution >= 0.6 is 24.0 Å². The summed E-state index contributed by atoms with van der Waals surface area (Å²) in [5.41, 5.74) is 0. The van der Waals surface area contributed by atoms with E-state index in [1.807, 2.05) is 17.0 Å². The molecule has 2 heterocycles. The van der Waals surface area contributed by atoms with Gasteiger partial charge in [0.25, 0.3) is 5.91 Å². The molecule has 2 atom stereocenters. The Bertz CT molecular complexity index is 498. The lowest BCUT2D eigenvalue weighted by Gasteiger charge is -2.24. The number of ether oxygens (including phenoxy) is 1. The number of nitrogens with zero attached hydrogens (tertiary/aromatic N) is 1. The van der Waals surface area contributed by atoms with Crippen LogP contribution in [0.1, 0.15) is 19.3 Å². The fourth-order valence-electron chi connectivity index (χ4n) is 2.96. The number of benzene rings is 1. The third-order valence-corrected chi connectivity index (χ3v) is 4.38. The summed E-state index contributed by atoms with van der Waals surface area (Å²) >= 11 is 6.01. The topological polar surface area (TPSA) is 41.6 Å². The third-order valence-electron chi connectivity index (χ3n) is 4.06. The van der Waals surface area contributed by atoms with E-state index in [1.165, 1.54) is 12.8 Å². The van der Waals surface area contributed by atoms with E-state index in [0.717, 1.165) is 19.5 Å². The first-order chi connectivity index (χ1) is 9.72. The second-order valence-corrected chi connectivity index (χ2v) is 5.89. The maximum absolute atomic E-state index is 12.2. The first-order valence-electron chi connectivity index (χ1n) is 7.13. The zero-order valence-electron chi connectivity index (χ0n) is 11.8. The minimum absolute atomic E-state index is 0. The molecule has 21 heavy (non-hydrogen) atoms. The van der Waals surface area contributed by atoms with Gasteiger partial charge in [0.2, 0.25) is 0 Å². The molecular weight excluding hydrogens is 311 g/mol. The van der Waals surface area contributed by atoms with Crippen LogP contribution in [0.3, 0.4) is 0 Å². The molecule has 2 unspecified atom stereocenters. The Morgan fingerprint density at radius 1 is 1.29 bits per heavy atom. The Kier molecular flexibility index (Phi) is 5.73. The molecule has 2 fully saturated rings. The lowest BCUT2D eigenvalue weighted by atomic mass is 10.1. The second kappa shape index (κ2) is 7.34. The summed E-state index contributed by atoms with van der Waals surface area (Å²) in [5, 5.41) is 4.10. The average Bonchev–Trinajstić information content (AvgIpc) is 2.77. The number of fused-ring (bicyclic) bond motifs is 2. The highest BCUT2D eigenvalue weighted by molar-refractivity contribution is 6.32. The molecule has 0 aromatic heterocycles. The summed E-state index contributed by atoms with van der Waals surface area (Å²) in [6.07, 6.45) is 3.44. The first-order valence-corrected chi connectivity index (χ1v) is 7.51. The van der Waals surface area contributed by atoms with E-state index in [9.17, 15) is 4.79 Å². The van der Waals surface area contributed by atoms with Crippen molar-refractivity contribution in [3.63, 3.8) is 0 Å². The number of hydrogen-bond acceptors (Lipinski definition) is 3. The van der Waals surface area contributed by atoms with E-state index in [1.54, 1.807) is 12.1 Å². The smallest absolute Gasteiger partial charge is 0.260 e. The van der Waals surface area contributed by atoms with E-state index in [4.69, 9.17) is 16.3 Å². The highest BCUT2D eigenvalue weighted by atomic mass is 35.5. The Hall–Kier alpha value is -0.970. The quantitative estimate of drug-likeness (QED) is 0.925. The summed E-state index contributed by atoms with van der Waals surface area (Å²) in [7, 11) is 0. The SMILES string of the molecule is Cl.O=C(COc1ccccc1Cl)N1CCC2CCC(C1)N2. The Morgan fingerprint density at radius 2 is 2.05 bits per heavy atom. The van der Waals surface area contributed by atoms with Gasteiger partial charge in [-0.15, -0.1) is 12.4 Å². The van der Waals surface area contributed by atoms with Gasteiger partial charge in [-0.3, -0.25) is 4.79 Å². The number of carbonyl (C=O) groups excluding carboxylic acids is 1. The first kappa shape index (κ1) is 16.4. The van der Waals surface area contributed by atoms with Crippen molar-refractivity contribution in [2.75, 3.05) is 19.7 Å². The van der Waals surface area contributed by atoms with Gasteiger partial charge < -0.3 is 15.0 Å². The molecule has 1 amide bonds. The molecule has 0 radical (unpaired) electrons. The van der Waals surface area contributed by atoms with Crippen molar-refractivity contribution in [1.82, 2.24) is 10.2 Å². The molecule has 0 saturated carbocycles. The Labute approximate surface area is 136 Å². The van der Waals surface area contributed by atoms with Crippen LogP contribution in [0, 0.1) is 0 Å². The molecule has 3 rings (SSSR count). The van der Waals surface area contributed by atoms with Crippen molar-refractivity contribution in [2.45, 2.75) is 31.3 Å². The molecular formula is C15H20Cl2N2O2. The highest BCUT2D eigenvalue weighted by Crippen LogP contribution is 2.24. The molecule has 2 saturated heterocycles. The molecule has 1 aromatic rings. The normalized spacial score (nSPS) is 24.1. The van der Waals surface area contributed by atoms with Gasteiger partial charge in [0, 0.05) is 25.2 Å². The lowest BCUT2D eigenvalue weighted by molar-refractivity contribution is -0.133. The van der Waals surface area contributed by atoms with Gasteiger partial charge in [0.05, 0.1) is 5.02 Å². The van der Waals surface area contributed by atoms with Crippen LogP contribution in [0.5, 0.6) is 5.75 Å². The monoisotopic (exact) mass is 330 g/mol. The van der Waals surface area contributed by atoms with E-state index >= 15 is 0 Å². The predicted molar refractivity (Wildman–Crippen MR) is 85.3 cm³/mol. The standard InChI is InChI=1S/C15H19ClN2O2.ClH/c16-13-3-1-2-4-14(13)20-10-15(19)18-8-7-11-5-6-12(9-18)17-11;/h1-4,11-12,17H,5-10H2;1H. The van der Waals surface area contributed by atoms with Crippen molar-refractivity contribution < 1.29 is 9.53 Å².